The van der Waals surface area contributed by atoms with Crippen LogP contribution in [0.2, 0.25) is 10.0 Å². The predicted octanol–water partition coefficient (Wildman–Crippen LogP) is 4.25. The number of hydrogen-bond donors (Lipinski definition) is 1. The van der Waals surface area contributed by atoms with E-state index in [1.165, 1.54) is 0 Å². The molecule has 6 heteroatoms. The van der Waals surface area contributed by atoms with E-state index in [4.69, 9.17) is 23.2 Å². The second-order valence-electron chi connectivity index (χ2n) is 4.63. The van der Waals surface area contributed by atoms with Crippen LogP contribution in [0.1, 0.15) is 15.3 Å². The number of nitrogens with one attached hydrogen (secondary N) is 1. The highest BCUT2D eigenvalue weighted by Gasteiger charge is 2.23. The van der Waals surface area contributed by atoms with Gasteiger partial charge in [-0.15, -0.1) is 11.3 Å². The molecule has 21 heavy (non-hydrogen) atoms. The number of rotatable bonds is 2. The van der Waals surface area contributed by atoms with Gasteiger partial charge in [-0.1, -0.05) is 29.3 Å². The molecule has 1 aromatic carbocycles. The number of nitriles is 1. The van der Waals surface area contributed by atoms with Gasteiger partial charge in [-0.05, 0) is 19.1 Å². The molecule has 0 fully saturated rings. The zero-order valence-corrected chi connectivity index (χ0v) is 13.5. The molecule has 0 aliphatic carbocycles. The molecule has 3 rings (SSSR count). The maximum atomic E-state index is 9.49. The molecule has 0 unspecified atom stereocenters. The molecule has 0 atom stereocenters. The quantitative estimate of drug-likeness (QED) is 0.891. The molecule has 0 amide bonds. The molecule has 1 aliphatic heterocycles. The first-order valence-corrected chi connectivity index (χ1v) is 7.96. The minimum absolute atomic E-state index is 0.539. The van der Waals surface area contributed by atoms with Gasteiger partial charge in [-0.25, -0.2) is 0 Å². The summed E-state index contributed by atoms with van der Waals surface area (Å²) in [5.74, 6) is 0.839. The van der Waals surface area contributed by atoms with E-state index >= 15 is 0 Å². The number of thiophene rings is 1. The third-order valence-corrected chi connectivity index (χ3v) is 4.95. The van der Waals surface area contributed by atoms with E-state index in [0.29, 0.717) is 15.6 Å². The third-order valence-electron chi connectivity index (χ3n) is 3.29. The number of benzene rings is 1. The van der Waals surface area contributed by atoms with Crippen molar-refractivity contribution in [3.8, 4) is 17.2 Å². The van der Waals surface area contributed by atoms with Crippen LogP contribution in [0.15, 0.2) is 23.2 Å². The van der Waals surface area contributed by atoms with E-state index in [2.05, 4.69) is 16.4 Å². The molecule has 2 heterocycles. The maximum absolute atomic E-state index is 9.49. The van der Waals surface area contributed by atoms with Crippen LogP contribution in [0.3, 0.4) is 0 Å². The Morgan fingerprint density at radius 2 is 2.19 bits per heavy atom. The summed E-state index contributed by atoms with van der Waals surface area (Å²) in [4.78, 5) is 6.39. The molecule has 106 valence electrons. The first-order valence-electron chi connectivity index (χ1n) is 6.39. The summed E-state index contributed by atoms with van der Waals surface area (Å²) in [6.07, 6.45) is 0. The number of aliphatic imine (C=N–C) groups is 1. The summed E-state index contributed by atoms with van der Waals surface area (Å²) in [6, 6.07) is 7.61. The Morgan fingerprint density at radius 3 is 2.81 bits per heavy atom. The normalized spacial score (nSPS) is 13.7. The van der Waals surface area contributed by atoms with Gasteiger partial charge in [0.05, 0.1) is 17.0 Å². The van der Waals surface area contributed by atoms with Gasteiger partial charge in [0.25, 0.3) is 0 Å². The molecule has 0 saturated carbocycles. The van der Waals surface area contributed by atoms with Crippen molar-refractivity contribution in [3.63, 3.8) is 0 Å². The average Bonchev–Trinajstić information content (AvgIpc) is 3.06. The Labute approximate surface area is 136 Å². The second-order valence-corrected chi connectivity index (χ2v) is 6.70. The first kappa shape index (κ1) is 14.4. The van der Waals surface area contributed by atoms with Crippen molar-refractivity contribution in [2.24, 2.45) is 4.99 Å². The minimum atomic E-state index is 0.539. The Morgan fingerprint density at radius 1 is 1.38 bits per heavy atom. The summed E-state index contributed by atoms with van der Waals surface area (Å²) >= 11 is 13.9. The number of nitrogens with zero attached hydrogens (tertiary/aromatic N) is 2. The lowest BCUT2D eigenvalue weighted by atomic mass is 10.0. The summed E-state index contributed by atoms with van der Waals surface area (Å²) in [7, 11) is 0. The van der Waals surface area contributed by atoms with Gasteiger partial charge in [-0.3, -0.25) is 4.99 Å². The Bertz CT molecular complexity index is 787. The van der Waals surface area contributed by atoms with Gasteiger partial charge in [0.15, 0.2) is 0 Å². The van der Waals surface area contributed by atoms with Crippen molar-refractivity contribution in [3.05, 3.63) is 43.6 Å². The summed E-state index contributed by atoms with van der Waals surface area (Å²) in [5, 5.41) is 13.9. The molecule has 1 aliphatic rings. The molecular formula is C15H11Cl2N3S. The lowest BCUT2D eigenvalue weighted by molar-refractivity contribution is 0.961. The van der Waals surface area contributed by atoms with Crippen molar-refractivity contribution in [2.75, 3.05) is 13.1 Å². The van der Waals surface area contributed by atoms with Crippen molar-refractivity contribution >= 4 is 40.4 Å². The van der Waals surface area contributed by atoms with Crippen LogP contribution in [0.5, 0.6) is 0 Å². The number of aryl methyl sites for hydroxylation is 1. The van der Waals surface area contributed by atoms with E-state index < -0.39 is 0 Å². The van der Waals surface area contributed by atoms with Gasteiger partial charge in [0.1, 0.15) is 11.9 Å². The van der Waals surface area contributed by atoms with Crippen LogP contribution >= 0.6 is 34.5 Å². The van der Waals surface area contributed by atoms with Gasteiger partial charge < -0.3 is 5.32 Å². The van der Waals surface area contributed by atoms with Crippen LogP contribution in [0, 0.1) is 18.3 Å². The van der Waals surface area contributed by atoms with Crippen LogP contribution in [0.25, 0.3) is 11.1 Å². The number of amidine groups is 1. The predicted molar refractivity (Wildman–Crippen MR) is 88.6 cm³/mol. The Balaban J connectivity index is 2.27. The lowest BCUT2D eigenvalue weighted by Gasteiger charge is -2.08. The van der Waals surface area contributed by atoms with E-state index in [9.17, 15) is 5.26 Å². The minimum Gasteiger partial charge on any atom is -0.367 e. The smallest absolute Gasteiger partial charge is 0.139 e. The Hall–Kier alpha value is -1.54. The fourth-order valence-corrected chi connectivity index (χ4v) is 3.95. The highest BCUT2D eigenvalue weighted by Crippen LogP contribution is 2.40. The molecule has 3 nitrogen and oxygen atoms in total. The number of hydrogen-bond acceptors (Lipinski definition) is 4. The highest BCUT2D eigenvalue weighted by atomic mass is 35.5. The molecule has 0 bridgehead atoms. The van der Waals surface area contributed by atoms with Crippen LogP contribution in [-0.2, 0) is 0 Å². The Kier molecular flexibility index (Phi) is 3.90. The van der Waals surface area contributed by atoms with E-state index in [1.54, 1.807) is 23.5 Å². The zero-order valence-electron chi connectivity index (χ0n) is 11.2. The number of halogens is 2. The molecule has 0 radical (unpaired) electrons. The molecule has 0 spiro atoms. The second kappa shape index (κ2) is 5.69. The van der Waals surface area contributed by atoms with Gasteiger partial charge in [0.2, 0.25) is 0 Å². The van der Waals surface area contributed by atoms with Crippen LogP contribution < -0.4 is 5.32 Å². The first-order chi connectivity index (χ1) is 10.1. The lowest BCUT2D eigenvalue weighted by Crippen LogP contribution is -2.19. The largest absolute Gasteiger partial charge is 0.367 e. The molecular weight excluding hydrogens is 325 g/mol. The molecule has 2 aromatic rings. The van der Waals surface area contributed by atoms with Gasteiger partial charge in [-0.2, -0.15) is 5.26 Å². The van der Waals surface area contributed by atoms with Gasteiger partial charge >= 0.3 is 0 Å². The van der Waals surface area contributed by atoms with E-state index in [-0.39, 0.29) is 0 Å². The van der Waals surface area contributed by atoms with E-state index in [0.717, 1.165) is 39.8 Å². The fourth-order valence-electron chi connectivity index (χ4n) is 2.35. The van der Waals surface area contributed by atoms with Crippen molar-refractivity contribution in [1.29, 1.82) is 5.26 Å². The SMILES string of the molecule is Cc1sc(C2=NCCN2)c(-c2ccc(Cl)cc2Cl)c1C#N. The zero-order chi connectivity index (χ0) is 15.0. The molecule has 1 N–H and O–H groups in total. The van der Waals surface area contributed by atoms with Crippen LogP contribution in [-0.4, -0.2) is 18.9 Å². The third kappa shape index (κ3) is 2.53. The topological polar surface area (TPSA) is 48.2 Å². The van der Waals surface area contributed by atoms with Crippen molar-refractivity contribution in [2.45, 2.75) is 6.92 Å². The summed E-state index contributed by atoms with van der Waals surface area (Å²) < 4.78 is 0. The molecule has 1 aromatic heterocycles. The van der Waals surface area contributed by atoms with E-state index in [1.807, 2.05) is 13.0 Å². The van der Waals surface area contributed by atoms with Gasteiger partial charge in [0, 0.05) is 32.6 Å². The summed E-state index contributed by atoms with van der Waals surface area (Å²) in [5.41, 5.74) is 2.30. The standard InChI is InChI=1S/C15H11Cl2N3S/c1-8-11(7-18)13(10-3-2-9(16)6-12(10)17)14(21-8)15-19-4-5-20-15/h2-3,6H,4-5H2,1H3,(H,19,20). The fraction of sp³-hybridized carbons (Fsp3) is 0.200. The van der Waals surface area contributed by atoms with Crippen LogP contribution in [0.4, 0.5) is 0 Å². The monoisotopic (exact) mass is 335 g/mol. The van der Waals surface area contributed by atoms with Crippen molar-refractivity contribution in [1.82, 2.24) is 5.32 Å². The molecule has 0 saturated heterocycles. The maximum Gasteiger partial charge on any atom is 0.139 e. The van der Waals surface area contributed by atoms with Crippen molar-refractivity contribution < 1.29 is 0 Å². The summed E-state index contributed by atoms with van der Waals surface area (Å²) in [6.45, 7) is 3.51. The highest BCUT2D eigenvalue weighted by molar-refractivity contribution is 7.15. The average molecular weight is 336 g/mol.